The largest absolute Gasteiger partial charge is 0.423 e. The van der Waals surface area contributed by atoms with Gasteiger partial charge in [-0.15, -0.1) is 0 Å². The summed E-state index contributed by atoms with van der Waals surface area (Å²) in [7, 11) is 0. The minimum Gasteiger partial charge on any atom is -0.423 e. The van der Waals surface area contributed by atoms with Crippen molar-refractivity contribution < 1.29 is 14.3 Å². The number of ketones is 1. The Labute approximate surface area is 161 Å². The predicted octanol–water partition coefficient (Wildman–Crippen LogP) is 5.19. The zero-order valence-corrected chi connectivity index (χ0v) is 16.3. The van der Waals surface area contributed by atoms with Crippen molar-refractivity contribution in [3.05, 3.63) is 69.7 Å². The number of esters is 1. The Balaban J connectivity index is 2.17. The molecular formula is C21H18BrNO3. The number of carbonyl (C=O) groups is 2. The number of rotatable bonds is 4. The molecule has 26 heavy (non-hydrogen) atoms. The van der Waals surface area contributed by atoms with E-state index >= 15 is 0 Å². The minimum absolute atomic E-state index is 0.0930. The van der Waals surface area contributed by atoms with E-state index < -0.39 is 11.4 Å². The third-order valence-corrected chi connectivity index (χ3v) is 4.23. The lowest BCUT2D eigenvalue weighted by Crippen LogP contribution is -2.21. The number of halogens is 1. The lowest BCUT2D eigenvalue weighted by molar-refractivity contribution is -0.121. The third-order valence-electron chi connectivity index (χ3n) is 3.54. The average Bonchev–Trinajstić information content (AvgIpc) is 2.60. The monoisotopic (exact) mass is 411 g/mol. The van der Waals surface area contributed by atoms with Crippen LogP contribution >= 0.6 is 15.9 Å². The number of nitriles is 1. The Bertz CT molecular complexity index is 900. The van der Waals surface area contributed by atoms with E-state index in [-0.39, 0.29) is 11.4 Å². The molecule has 0 aliphatic carbocycles. The number of benzene rings is 2. The molecule has 0 saturated carbocycles. The molecule has 0 radical (unpaired) electrons. The van der Waals surface area contributed by atoms with Gasteiger partial charge in [0.15, 0.2) is 5.78 Å². The molecule has 2 aromatic rings. The maximum atomic E-state index is 12.2. The van der Waals surface area contributed by atoms with Crippen molar-refractivity contribution in [2.24, 2.45) is 5.41 Å². The summed E-state index contributed by atoms with van der Waals surface area (Å²) in [6.07, 6.45) is 1.53. The van der Waals surface area contributed by atoms with Gasteiger partial charge in [0.1, 0.15) is 11.8 Å². The Morgan fingerprint density at radius 3 is 2.23 bits per heavy atom. The summed E-state index contributed by atoms with van der Waals surface area (Å²) in [6, 6.07) is 15.6. The quantitative estimate of drug-likeness (QED) is 0.300. The van der Waals surface area contributed by atoms with E-state index in [1.165, 1.54) is 6.08 Å². The molecule has 2 aromatic carbocycles. The Hall–Kier alpha value is -2.71. The van der Waals surface area contributed by atoms with E-state index in [0.717, 1.165) is 0 Å². The number of Topliss-reactive ketones (excluding diaryl/α,β-unsaturated/α-hetero) is 1. The lowest BCUT2D eigenvalue weighted by atomic mass is 9.86. The van der Waals surface area contributed by atoms with E-state index in [2.05, 4.69) is 15.9 Å². The molecule has 0 aliphatic heterocycles. The minimum atomic E-state index is -0.625. The molecule has 0 heterocycles. The summed E-state index contributed by atoms with van der Waals surface area (Å²) in [5.41, 5.74) is 0.578. The molecule has 0 spiro atoms. The van der Waals surface area contributed by atoms with Crippen molar-refractivity contribution in [2.75, 3.05) is 0 Å². The predicted molar refractivity (Wildman–Crippen MR) is 104 cm³/mol. The number of nitrogens with zero attached hydrogens (tertiary/aromatic N) is 1. The van der Waals surface area contributed by atoms with E-state index in [1.54, 1.807) is 63.2 Å². The zero-order valence-electron chi connectivity index (χ0n) is 14.7. The van der Waals surface area contributed by atoms with Crippen LogP contribution in [0.3, 0.4) is 0 Å². The van der Waals surface area contributed by atoms with Gasteiger partial charge in [-0.2, -0.15) is 5.26 Å². The molecule has 0 N–H and O–H groups in total. The first-order valence-corrected chi connectivity index (χ1v) is 8.75. The van der Waals surface area contributed by atoms with Crippen molar-refractivity contribution in [3.8, 4) is 11.8 Å². The number of hydrogen-bond acceptors (Lipinski definition) is 4. The molecule has 0 bridgehead atoms. The highest BCUT2D eigenvalue weighted by atomic mass is 79.9. The van der Waals surface area contributed by atoms with Gasteiger partial charge >= 0.3 is 5.97 Å². The Morgan fingerprint density at radius 2 is 1.69 bits per heavy atom. The third kappa shape index (κ3) is 4.90. The molecule has 0 aliphatic rings. The summed E-state index contributed by atoms with van der Waals surface area (Å²) in [5, 5.41) is 9.23. The molecular weight excluding hydrogens is 394 g/mol. The van der Waals surface area contributed by atoms with Gasteiger partial charge in [0.2, 0.25) is 0 Å². The Morgan fingerprint density at radius 1 is 1.08 bits per heavy atom. The van der Waals surface area contributed by atoms with Gasteiger partial charge in [-0.3, -0.25) is 4.79 Å². The van der Waals surface area contributed by atoms with Gasteiger partial charge in [0.05, 0.1) is 11.1 Å². The smallest absolute Gasteiger partial charge is 0.344 e. The van der Waals surface area contributed by atoms with Crippen LogP contribution < -0.4 is 4.74 Å². The fourth-order valence-electron chi connectivity index (χ4n) is 2.14. The van der Waals surface area contributed by atoms with Crippen LogP contribution in [0.1, 0.15) is 36.7 Å². The van der Waals surface area contributed by atoms with Gasteiger partial charge in [-0.05, 0) is 51.8 Å². The molecule has 132 valence electrons. The number of ether oxygens (including phenoxy) is 1. The number of allylic oxidation sites excluding steroid dienone is 1. The van der Waals surface area contributed by atoms with Crippen LogP contribution in [0, 0.1) is 16.7 Å². The normalized spacial score (nSPS) is 11.6. The second kappa shape index (κ2) is 8.11. The van der Waals surface area contributed by atoms with Gasteiger partial charge in [-0.25, -0.2) is 4.79 Å². The number of hydrogen-bond donors (Lipinski definition) is 0. The van der Waals surface area contributed by atoms with E-state index in [9.17, 15) is 14.9 Å². The first kappa shape index (κ1) is 19.6. The summed E-state index contributed by atoms with van der Waals surface area (Å²) in [6.45, 7) is 5.31. The molecule has 0 aromatic heterocycles. The highest BCUT2D eigenvalue weighted by Crippen LogP contribution is 2.23. The maximum Gasteiger partial charge on any atom is 0.344 e. The van der Waals surface area contributed by atoms with Crippen molar-refractivity contribution in [2.45, 2.75) is 20.8 Å². The topological polar surface area (TPSA) is 67.2 Å². The molecule has 0 fully saturated rings. The van der Waals surface area contributed by atoms with Gasteiger partial charge < -0.3 is 4.74 Å². The van der Waals surface area contributed by atoms with Crippen molar-refractivity contribution >= 4 is 33.8 Å². The molecule has 0 saturated heterocycles. The number of carbonyl (C=O) groups excluding carboxylic acids is 2. The summed E-state index contributed by atoms with van der Waals surface area (Å²) in [4.78, 5) is 24.4. The van der Waals surface area contributed by atoms with Crippen LogP contribution in [0.4, 0.5) is 0 Å². The molecule has 0 atom stereocenters. The van der Waals surface area contributed by atoms with Crippen LogP contribution in [-0.4, -0.2) is 11.8 Å². The van der Waals surface area contributed by atoms with E-state index in [0.29, 0.717) is 21.3 Å². The lowest BCUT2D eigenvalue weighted by Gasteiger charge is -2.15. The molecule has 4 nitrogen and oxygen atoms in total. The van der Waals surface area contributed by atoms with Crippen LogP contribution in [0.15, 0.2) is 58.6 Å². The van der Waals surface area contributed by atoms with Crippen molar-refractivity contribution in [3.63, 3.8) is 0 Å². The van der Waals surface area contributed by atoms with Gasteiger partial charge in [-0.1, -0.05) is 45.0 Å². The fourth-order valence-corrected chi connectivity index (χ4v) is 2.59. The van der Waals surface area contributed by atoms with Crippen LogP contribution in [-0.2, 0) is 4.79 Å². The van der Waals surface area contributed by atoms with Crippen LogP contribution in [0.5, 0.6) is 5.75 Å². The van der Waals surface area contributed by atoms with Crippen molar-refractivity contribution in [1.82, 2.24) is 0 Å². The van der Waals surface area contributed by atoms with Crippen LogP contribution in [0.25, 0.3) is 6.08 Å². The summed E-state index contributed by atoms with van der Waals surface area (Å²) in [5.74, 6) is -0.311. The second-order valence-electron chi connectivity index (χ2n) is 6.69. The standard InChI is InChI=1S/C21H18BrNO3/c1-21(2,3)19(24)15(13-23)12-14-8-10-16(11-9-14)26-20(25)17-6-4-5-7-18(17)22/h4-12H,1-3H3/b15-12+. The Kier molecular flexibility index (Phi) is 6.12. The highest BCUT2D eigenvalue weighted by Gasteiger charge is 2.24. The average molecular weight is 412 g/mol. The molecule has 2 rings (SSSR count). The fraction of sp³-hybridized carbons (Fsp3) is 0.190. The van der Waals surface area contributed by atoms with E-state index in [1.807, 2.05) is 12.1 Å². The summed E-state index contributed by atoms with van der Waals surface area (Å²) >= 11 is 3.32. The first-order chi connectivity index (χ1) is 12.2. The van der Waals surface area contributed by atoms with Gasteiger partial charge in [0, 0.05) is 9.89 Å². The zero-order chi connectivity index (χ0) is 19.3. The first-order valence-electron chi connectivity index (χ1n) is 7.96. The molecule has 0 unspecified atom stereocenters. The summed E-state index contributed by atoms with van der Waals surface area (Å²) < 4.78 is 6.00. The van der Waals surface area contributed by atoms with Crippen LogP contribution in [0.2, 0.25) is 0 Å². The van der Waals surface area contributed by atoms with Crippen molar-refractivity contribution in [1.29, 1.82) is 5.26 Å². The highest BCUT2D eigenvalue weighted by molar-refractivity contribution is 9.10. The maximum absolute atomic E-state index is 12.2. The second-order valence-corrected chi connectivity index (χ2v) is 7.54. The molecule has 5 heteroatoms. The van der Waals surface area contributed by atoms with E-state index in [4.69, 9.17) is 4.74 Å². The molecule has 0 amide bonds. The SMILES string of the molecule is CC(C)(C)C(=O)/C(C#N)=C/c1ccc(OC(=O)c2ccccc2Br)cc1. The van der Waals surface area contributed by atoms with Gasteiger partial charge in [0.25, 0.3) is 0 Å².